The highest BCUT2D eigenvalue weighted by molar-refractivity contribution is 7.16. The molecule has 21 heavy (non-hydrogen) atoms. The molecule has 0 aromatic carbocycles. The second-order valence-electron chi connectivity index (χ2n) is 3.95. The molecule has 6 nitrogen and oxygen atoms in total. The largest absolute Gasteiger partial charge is 0.484 e. The Labute approximate surface area is 126 Å². The molecule has 1 aromatic rings. The van der Waals surface area contributed by atoms with Crippen LogP contribution in [0.2, 0.25) is 0 Å². The van der Waals surface area contributed by atoms with Gasteiger partial charge in [0, 0.05) is 0 Å². The second-order valence-corrected chi connectivity index (χ2v) is 4.97. The van der Waals surface area contributed by atoms with Gasteiger partial charge in [0.05, 0.1) is 13.2 Å². The Bertz CT molecular complexity index is 514. The average molecular weight is 312 g/mol. The predicted molar refractivity (Wildman–Crippen MR) is 76.4 cm³/mol. The molecule has 2 heterocycles. The molecule has 0 spiro atoms. The lowest BCUT2D eigenvalue weighted by atomic mass is 10.3. The first-order valence-corrected chi connectivity index (χ1v) is 7.42. The first-order chi connectivity index (χ1) is 10.2. The highest BCUT2D eigenvalue weighted by Gasteiger charge is 2.31. The Morgan fingerprint density at radius 3 is 1.81 bits per heavy atom. The van der Waals surface area contributed by atoms with Crippen LogP contribution in [0.25, 0.3) is 0 Å². The number of carbonyl (C=O) groups excluding carboxylic acids is 2. The van der Waals surface area contributed by atoms with E-state index >= 15 is 0 Å². The minimum atomic E-state index is -0.539. The van der Waals surface area contributed by atoms with Gasteiger partial charge in [-0.3, -0.25) is 0 Å². The highest BCUT2D eigenvalue weighted by Crippen LogP contribution is 2.43. The van der Waals surface area contributed by atoms with Gasteiger partial charge in [-0.05, 0) is 26.0 Å². The van der Waals surface area contributed by atoms with Crippen molar-refractivity contribution in [3.05, 3.63) is 21.9 Å². The molecule has 0 radical (unpaired) electrons. The summed E-state index contributed by atoms with van der Waals surface area (Å²) in [5.41, 5.74) is 0. The summed E-state index contributed by atoms with van der Waals surface area (Å²) in [5.74, 6) is -0.596. The van der Waals surface area contributed by atoms with Gasteiger partial charge in [-0.15, -0.1) is 11.3 Å². The van der Waals surface area contributed by atoms with Gasteiger partial charge in [0.1, 0.15) is 13.2 Å². The topological polar surface area (TPSA) is 71.1 Å². The van der Waals surface area contributed by atoms with Crippen molar-refractivity contribution in [3.63, 3.8) is 0 Å². The number of fused-ring (bicyclic) bond motifs is 1. The van der Waals surface area contributed by atoms with E-state index in [-0.39, 0.29) is 34.5 Å². The molecule has 0 N–H and O–H groups in total. The summed E-state index contributed by atoms with van der Waals surface area (Å²) in [4.78, 5) is 24.4. The van der Waals surface area contributed by atoms with Crippen molar-refractivity contribution in [1.29, 1.82) is 0 Å². The molecule has 0 fully saturated rings. The lowest BCUT2D eigenvalue weighted by Gasteiger charge is -2.12. The summed E-state index contributed by atoms with van der Waals surface area (Å²) in [7, 11) is 0. The zero-order valence-corrected chi connectivity index (χ0v) is 12.7. The van der Waals surface area contributed by atoms with Crippen LogP contribution in [0, 0.1) is 0 Å². The van der Waals surface area contributed by atoms with Crippen LogP contribution in [0.15, 0.2) is 12.2 Å². The summed E-state index contributed by atoms with van der Waals surface area (Å²) >= 11 is 0.963. The number of hydrogen-bond acceptors (Lipinski definition) is 7. The molecular formula is C14H16O6S. The summed E-state index contributed by atoms with van der Waals surface area (Å²) in [6.45, 7) is 4.48. The molecule has 0 aliphatic carbocycles. The van der Waals surface area contributed by atoms with Gasteiger partial charge in [0.25, 0.3) is 0 Å². The number of carbonyl (C=O) groups is 2. The Balaban J connectivity index is 2.44. The van der Waals surface area contributed by atoms with Crippen molar-refractivity contribution in [2.45, 2.75) is 13.8 Å². The van der Waals surface area contributed by atoms with Crippen molar-refractivity contribution >= 4 is 23.3 Å². The van der Waals surface area contributed by atoms with E-state index in [2.05, 4.69) is 0 Å². The Morgan fingerprint density at radius 2 is 1.43 bits per heavy atom. The molecule has 0 saturated heterocycles. The van der Waals surface area contributed by atoms with Crippen LogP contribution in [0.1, 0.15) is 33.2 Å². The van der Waals surface area contributed by atoms with Crippen molar-refractivity contribution < 1.29 is 28.5 Å². The van der Waals surface area contributed by atoms with E-state index in [1.54, 1.807) is 26.0 Å². The van der Waals surface area contributed by atoms with E-state index in [0.29, 0.717) is 13.2 Å². The zero-order valence-electron chi connectivity index (χ0n) is 11.8. The van der Waals surface area contributed by atoms with Crippen LogP contribution in [-0.2, 0) is 9.47 Å². The second kappa shape index (κ2) is 7.12. The quantitative estimate of drug-likeness (QED) is 0.628. The minimum Gasteiger partial charge on any atom is -0.484 e. The summed E-state index contributed by atoms with van der Waals surface area (Å²) < 4.78 is 21.0. The average Bonchev–Trinajstić information content (AvgIpc) is 2.77. The van der Waals surface area contributed by atoms with Gasteiger partial charge < -0.3 is 18.9 Å². The molecule has 0 unspecified atom stereocenters. The highest BCUT2D eigenvalue weighted by atomic mass is 32.1. The maximum atomic E-state index is 12.0. The molecule has 1 aliphatic heterocycles. The predicted octanol–water partition coefficient (Wildman–Crippen LogP) is 2.43. The van der Waals surface area contributed by atoms with E-state index in [1.807, 2.05) is 0 Å². The third-order valence-corrected chi connectivity index (χ3v) is 3.67. The fourth-order valence-corrected chi connectivity index (χ4v) is 2.70. The Hall–Kier alpha value is -2.02. The fraction of sp³-hybridized carbons (Fsp3) is 0.429. The van der Waals surface area contributed by atoms with Crippen LogP contribution in [-0.4, -0.2) is 38.4 Å². The standard InChI is InChI=1S/C14H16O6S/c1-3-17-13(15)11-9-10(20-8-6-5-7-19-9)12(21-11)14(16)18-4-2/h5-6H,3-4,7-8H2,1-2H3/b6-5-. The zero-order chi connectivity index (χ0) is 15.2. The summed E-state index contributed by atoms with van der Waals surface area (Å²) in [5, 5.41) is 0. The van der Waals surface area contributed by atoms with Crippen molar-refractivity contribution in [2.75, 3.05) is 26.4 Å². The molecule has 114 valence electrons. The molecule has 0 atom stereocenters. The van der Waals surface area contributed by atoms with Crippen LogP contribution in [0.3, 0.4) is 0 Å². The lowest BCUT2D eigenvalue weighted by Crippen LogP contribution is -2.09. The number of rotatable bonds is 4. The molecule has 1 aromatic heterocycles. The maximum Gasteiger partial charge on any atom is 0.352 e. The summed E-state index contributed by atoms with van der Waals surface area (Å²) in [6, 6.07) is 0. The molecular weight excluding hydrogens is 296 g/mol. The fourth-order valence-electron chi connectivity index (χ4n) is 1.72. The van der Waals surface area contributed by atoms with Gasteiger partial charge in [-0.25, -0.2) is 9.59 Å². The lowest BCUT2D eigenvalue weighted by molar-refractivity contribution is 0.0517. The van der Waals surface area contributed by atoms with Crippen LogP contribution in [0.4, 0.5) is 0 Å². The van der Waals surface area contributed by atoms with Gasteiger partial charge in [-0.2, -0.15) is 0 Å². The number of thiophene rings is 1. The molecule has 7 heteroatoms. The van der Waals surface area contributed by atoms with Crippen molar-refractivity contribution in [3.8, 4) is 11.5 Å². The first-order valence-electron chi connectivity index (χ1n) is 6.60. The smallest absolute Gasteiger partial charge is 0.352 e. The first kappa shape index (κ1) is 15.4. The Morgan fingerprint density at radius 1 is 1.00 bits per heavy atom. The van der Waals surface area contributed by atoms with E-state index in [0.717, 1.165) is 11.3 Å². The molecule has 2 rings (SSSR count). The summed E-state index contributed by atoms with van der Waals surface area (Å²) in [6.07, 6.45) is 3.55. The van der Waals surface area contributed by atoms with Crippen molar-refractivity contribution in [1.82, 2.24) is 0 Å². The van der Waals surface area contributed by atoms with Gasteiger partial charge in [0.2, 0.25) is 0 Å². The third kappa shape index (κ3) is 3.36. The van der Waals surface area contributed by atoms with E-state index < -0.39 is 11.9 Å². The number of ether oxygens (including phenoxy) is 4. The van der Waals surface area contributed by atoms with Gasteiger partial charge in [-0.1, -0.05) is 0 Å². The molecule has 1 aliphatic rings. The van der Waals surface area contributed by atoms with E-state index in [1.165, 1.54) is 0 Å². The number of esters is 2. The van der Waals surface area contributed by atoms with Crippen molar-refractivity contribution in [2.24, 2.45) is 0 Å². The monoisotopic (exact) mass is 312 g/mol. The van der Waals surface area contributed by atoms with Crippen LogP contribution in [0.5, 0.6) is 11.5 Å². The maximum absolute atomic E-state index is 12.0. The molecule has 0 bridgehead atoms. The van der Waals surface area contributed by atoms with Crippen LogP contribution >= 0.6 is 11.3 Å². The third-order valence-electron chi connectivity index (χ3n) is 2.56. The van der Waals surface area contributed by atoms with Crippen LogP contribution < -0.4 is 9.47 Å². The van der Waals surface area contributed by atoms with Gasteiger partial charge in [0.15, 0.2) is 21.3 Å². The van der Waals surface area contributed by atoms with E-state index in [9.17, 15) is 9.59 Å². The van der Waals surface area contributed by atoms with Gasteiger partial charge >= 0.3 is 11.9 Å². The normalized spacial score (nSPS) is 14.8. The molecule has 0 amide bonds. The Kier molecular flexibility index (Phi) is 5.21. The number of hydrogen-bond donors (Lipinski definition) is 0. The molecule has 0 saturated carbocycles. The SMILES string of the molecule is CCOC(=O)c1sc(C(=O)OCC)c2c1OC/C=C\CO2. The minimum absolute atomic E-state index is 0.213. The van der Waals surface area contributed by atoms with E-state index in [4.69, 9.17) is 18.9 Å².